The summed E-state index contributed by atoms with van der Waals surface area (Å²) < 4.78 is 5.06. The summed E-state index contributed by atoms with van der Waals surface area (Å²) in [7, 11) is 1.92. The Morgan fingerprint density at radius 1 is 1.40 bits per heavy atom. The Bertz CT molecular complexity index is 508. The SMILES string of the molecule is Cc1ccc(C2CN=C(NC(=O)OC(C)C)N2C)cc1. The molecule has 0 saturated heterocycles. The number of guanidine groups is 1. The number of amides is 1. The standard InChI is InChI=1S/C15H21N3O2/c1-10(2)20-15(19)17-14-16-9-13(18(14)4)12-7-5-11(3)6-8-12/h5-8,10,13H,9H2,1-4H3,(H,16,17,19). The molecule has 2 rings (SSSR count). The van der Waals surface area contributed by atoms with Gasteiger partial charge in [-0.1, -0.05) is 29.8 Å². The van der Waals surface area contributed by atoms with Crippen LogP contribution in [0.25, 0.3) is 0 Å². The smallest absolute Gasteiger partial charge is 0.414 e. The van der Waals surface area contributed by atoms with Crippen LogP contribution in [0.4, 0.5) is 4.79 Å². The first-order valence-corrected chi connectivity index (χ1v) is 6.79. The number of hydrogen-bond donors (Lipinski definition) is 1. The Morgan fingerprint density at radius 3 is 2.65 bits per heavy atom. The van der Waals surface area contributed by atoms with Gasteiger partial charge in [-0.3, -0.25) is 10.3 Å². The minimum atomic E-state index is -0.463. The van der Waals surface area contributed by atoms with Gasteiger partial charge in [-0.2, -0.15) is 0 Å². The lowest BCUT2D eigenvalue weighted by molar-refractivity contribution is 0.119. The number of hydrogen-bond acceptors (Lipinski definition) is 4. The lowest BCUT2D eigenvalue weighted by atomic mass is 10.1. The molecule has 0 aliphatic carbocycles. The molecule has 0 spiro atoms. The Hall–Kier alpha value is -2.04. The van der Waals surface area contributed by atoms with Gasteiger partial charge in [0.2, 0.25) is 5.96 Å². The third-order valence-corrected chi connectivity index (χ3v) is 3.23. The minimum absolute atomic E-state index is 0.143. The Morgan fingerprint density at radius 2 is 2.05 bits per heavy atom. The highest BCUT2D eigenvalue weighted by Crippen LogP contribution is 2.24. The van der Waals surface area contributed by atoms with Crippen LogP contribution < -0.4 is 5.32 Å². The van der Waals surface area contributed by atoms with E-state index in [1.54, 1.807) is 0 Å². The van der Waals surface area contributed by atoms with Crippen LogP contribution in [0.15, 0.2) is 29.3 Å². The molecule has 0 fully saturated rings. The van der Waals surface area contributed by atoms with Crippen LogP contribution in [0.2, 0.25) is 0 Å². The number of carbonyl (C=O) groups excluding carboxylic acids is 1. The monoisotopic (exact) mass is 275 g/mol. The zero-order valence-electron chi connectivity index (χ0n) is 12.4. The number of aryl methyl sites for hydroxylation is 1. The van der Waals surface area contributed by atoms with E-state index in [9.17, 15) is 4.79 Å². The largest absolute Gasteiger partial charge is 0.447 e. The van der Waals surface area contributed by atoms with Crippen LogP contribution in [-0.2, 0) is 4.74 Å². The lowest BCUT2D eigenvalue weighted by Gasteiger charge is -2.23. The Balaban J connectivity index is 1.99. The van der Waals surface area contributed by atoms with Gasteiger partial charge in [0.15, 0.2) is 0 Å². The molecule has 1 atom stereocenters. The third-order valence-electron chi connectivity index (χ3n) is 3.23. The summed E-state index contributed by atoms with van der Waals surface area (Å²) in [4.78, 5) is 17.9. The van der Waals surface area contributed by atoms with Crippen molar-refractivity contribution in [1.82, 2.24) is 10.2 Å². The van der Waals surface area contributed by atoms with E-state index in [1.807, 2.05) is 25.8 Å². The van der Waals surface area contributed by atoms with E-state index in [1.165, 1.54) is 11.1 Å². The molecule has 0 bridgehead atoms. The average Bonchev–Trinajstić information content (AvgIpc) is 2.71. The van der Waals surface area contributed by atoms with Gasteiger partial charge in [0, 0.05) is 7.05 Å². The zero-order chi connectivity index (χ0) is 14.7. The quantitative estimate of drug-likeness (QED) is 0.902. The molecule has 1 aromatic carbocycles. The van der Waals surface area contributed by atoms with Crippen LogP contribution in [0.3, 0.4) is 0 Å². The highest BCUT2D eigenvalue weighted by molar-refractivity contribution is 5.95. The van der Waals surface area contributed by atoms with E-state index in [0.29, 0.717) is 12.5 Å². The molecular formula is C15H21N3O2. The highest BCUT2D eigenvalue weighted by Gasteiger charge is 2.27. The third kappa shape index (κ3) is 3.29. The molecule has 1 heterocycles. The summed E-state index contributed by atoms with van der Waals surface area (Å²) in [6.07, 6.45) is -0.606. The van der Waals surface area contributed by atoms with Crippen LogP contribution in [0, 0.1) is 6.92 Å². The predicted octanol–water partition coefficient (Wildman–Crippen LogP) is 2.47. The molecular weight excluding hydrogens is 254 g/mol. The van der Waals surface area contributed by atoms with Crippen molar-refractivity contribution < 1.29 is 9.53 Å². The van der Waals surface area contributed by atoms with E-state index in [0.717, 1.165) is 0 Å². The van der Waals surface area contributed by atoms with Crippen LogP contribution >= 0.6 is 0 Å². The molecule has 20 heavy (non-hydrogen) atoms. The molecule has 1 aromatic rings. The molecule has 108 valence electrons. The fourth-order valence-corrected chi connectivity index (χ4v) is 2.13. The topological polar surface area (TPSA) is 53.9 Å². The van der Waals surface area contributed by atoms with Crippen LogP contribution in [0.5, 0.6) is 0 Å². The van der Waals surface area contributed by atoms with Gasteiger partial charge in [-0.25, -0.2) is 4.79 Å². The predicted molar refractivity (Wildman–Crippen MR) is 78.7 cm³/mol. The molecule has 1 amide bonds. The van der Waals surface area contributed by atoms with Gasteiger partial charge in [-0.05, 0) is 26.3 Å². The van der Waals surface area contributed by atoms with Crippen molar-refractivity contribution in [2.45, 2.75) is 32.9 Å². The number of rotatable bonds is 2. The van der Waals surface area contributed by atoms with Gasteiger partial charge >= 0.3 is 6.09 Å². The second kappa shape index (κ2) is 5.94. The molecule has 1 aliphatic rings. The summed E-state index contributed by atoms with van der Waals surface area (Å²) in [6.45, 7) is 6.33. The van der Waals surface area contributed by atoms with Gasteiger partial charge in [0.05, 0.1) is 18.7 Å². The highest BCUT2D eigenvalue weighted by atomic mass is 16.6. The van der Waals surface area contributed by atoms with Gasteiger partial charge in [-0.15, -0.1) is 0 Å². The number of aliphatic imine (C=N–C) groups is 1. The second-order valence-corrected chi connectivity index (χ2v) is 5.28. The van der Waals surface area contributed by atoms with Crippen molar-refractivity contribution in [3.63, 3.8) is 0 Å². The summed E-state index contributed by atoms with van der Waals surface area (Å²) in [6, 6.07) is 8.52. The molecule has 0 radical (unpaired) electrons. The van der Waals surface area contributed by atoms with Crippen molar-refractivity contribution >= 4 is 12.1 Å². The summed E-state index contributed by atoms with van der Waals surface area (Å²) in [5.41, 5.74) is 2.42. The number of benzene rings is 1. The first-order valence-electron chi connectivity index (χ1n) is 6.79. The maximum absolute atomic E-state index is 11.6. The fraction of sp³-hybridized carbons (Fsp3) is 0.467. The molecule has 0 aromatic heterocycles. The summed E-state index contributed by atoms with van der Waals surface area (Å²) in [5.74, 6) is 0.557. The molecule has 5 nitrogen and oxygen atoms in total. The summed E-state index contributed by atoms with van der Waals surface area (Å²) >= 11 is 0. The van der Waals surface area contributed by atoms with Gasteiger partial charge in [0.1, 0.15) is 0 Å². The van der Waals surface area contributed by atoms with Crippen molar-refractivity contribution in [2.24, 2.45) is 4.99 Å². The molecule has 1 aliphatic heterocycles. The Labute approximate surface area is 119 Å². The average molecular weight is 275 g/mol. The van der Waals surface area contributed by atoms with E-state index in [2.05, 4.69) is 41.5 Å². The number of carbonyl (C=O) groups is 1. The van der Waals surface area contributed by atoms with E-state index >= 15 is 0 Å². The van der Waals surface area contributed by atoms with Gasteiger partial charge in [0.25, 0.3) is 0 Å². The lowest BCUT2D eigenvalue weighted by Crippen LogP contribution is -2.41. The first-order chi connectivity index (χ1) is 9.47. The number of nitrogens with one attached hydrogen (secondary N) is 1. The zero-order valence-corrected chi connectivity index (χ0v) is 12.4. The molecule has 0 saturated carbocycles. The molecule has 1 N–H and O–H groups in total. The van der Waals surface area contributed by atoms with E-state index in [-0.39, 0.29) is 12.1 Å². The minimum Gasteiger partial charge on any atom is -0.447 e. The van der Waals surface area contributed by atoms with Crippen molar-refractivity contribution in [2.75, 3.05) is 13.6 Å². The van der Waals surface area contributed by atoms with Crippen LogP contribution in [0.1, 0.15) is 31.0 Å². The number of likely N-dealkylation sites (N-methyl/N-ethyl adjacent to an activating group) is 1. The number of ether oxygens (including phenoxy) is 1. The normalized spacial score (nSPS) is 18.1. The van der Waals surface area contributed by atoms with Crippen LogP contribution in [-0.4, -0.2) is 36.6 Å². The van der Waals surface area contributed by atoms with Crippen molar-refractivity contribution in [1.29, 1.82) is 0 Å². The summed E-state index contributed by atoms with van der Waals surface area (Å²) in [5, 5.41) is 2.69. The first kappa shape index (κ1) is 14.4. The van der Waals surface area contributed by atoms with Crippen molar-refractivity contribution in [3.05, 3.63) is 35.4 Å². The van der Waals surface area contributed by atoms with Gasteiger partial charge < -0.3 is 9.64 Å². The van der Waals surface area contributed by atoms with E-state index < -0.39 is 6.09 Å². The molecule has 1 unspecified atom stereocenters. The Kier molecular flexibility index (Phi) is 4.27. The second-order valence-electron chi connectivity index (χ2n) is 5.28. The van der Waals surface area contributed by atoms with E-state index in [4.69, 9.17) is 4.74 Å². The number of alkyl carbamates (subject to hydrolysis) is 1. The fourth-order valence-electron chi connectivity index (χ4n) is 2.13. The number of nitrogens with zero attached hydrogens (tertiary/aromatic N) is 2. The molecule has 5 heteroatoms. The van der Waals surface area contributed by atoms with Crippen molar-refractivity contribution in [3.8, 4) is 0 Å². The maximum Gasteiger partial charge on any atom is 0.414 e. The maximum atomic E-state index is 11.6.